The van der Waals surface area contributed by atoms with Crippen LogP contribution in [0, 0.1) is 0 Å². The van der Waals surface area contributed by atoms with Gasteiger partial charge in [-0.25, -0.2) is 19.9 Å². The highest BCUT2D eigenvalue weighted by Gasteiger charge is 2.22. The lowest BCUT2D eigenvalue weighted by molar-refractivity contribution is 0.973. The molecular weight excluding hydrogens is 1320 g/mol. The van der Waals surface area contributed by atoms with Crippen molar-refractivity contribution in [3.05, 3.63) is 352 Å². The van der Waals surface area contributed by atoms with Crippen LogP contribution in [0.25, 0.3) is 188 Å². The molecule has 13 heteroatoms. The van der Waals surface area contributed by atoms with E-state index in [1.54, 1.807) is 0 Å². The van der Waals surface area contributed by atoms with Gasteiger partial charge in [0.15, 0.2) is 0 Å². The van der Waals surface area contributed by atoms with Crippen LogP contribution in [0.5, 0.6) is 0 Å². The molecule has 108 heavy (non-hydrogen) atoms. The summed E-state index contributed by atoms with van der Waals surface area (Å²) in [6, 6.07) is 123. The van der Waals surface area contributed by atoms with Crippen LogP contribution in [0.2, 0.25) is 0 Å². The van der Waals surface area contributed by atoms with Crippen LogP contribution in [0.3, 0.4) is 0 Å². The minimum absolute atomic E-state index is 0.952. The lowest BCUT2D eigenvalue weighted by Crippen LogP contribution is -1.94. The summed E-state index contributed by atoms with van der Waals surface area (Å²) in [6.07, 6.45) is 0. The molecule has 0 saturated carbocycles. The highest BCUT2D eigenvalue weighted by atomic mass is 15.2. The largest absolute Gasteiger partial charge is 0.313 e. The van der Waals surface area contributed by atoms with Crippen molar-refractivity contribution in [3.63, 3.8) is 0 Å². The first kappa shape index (κ1) is 62.0. The van der Waals surface area contributed by atoms with Gasteiger partial charge in [0.05, 0.1) is 105 Å². The van der Waals surface area contributed by atoms with E-state index in [0.29, 0.717) is 0 Å². The van der Waals surface area contributed by atoms with Crippen LogP contribution in [-0.4, -0.2) is 60.2 Å². The SMILES string of the molecule is Cn1c2ccc(-c3ccccc3)cc2n2c3ccccc3nc12.Cn1c2ccccc2n2c3cc(-c4ccccc4)ccc3nc12.Cn1c2ccccc2n2c3ccccc3nc12.c1ccc(-n2c3ccccc3n3c4ccccc4nc23)cc1.c1ccc2c(c1)ccc1c2c2cccc3c4ccccc4n1c32. The van der Waals surface area contributed by atoms with E-state index in [0.717, 1.165) is 67.4 Å². The molecule has 13 nitrogen and oxygen atoms in total. The highest BCUT2D eigenvalue weighted by Crippen LogP contribution is 2.42. The molecule has 0 saturated heterocycles. The number of aryl methyl sites for hydroxylation is 3. The zero-order valence-electron chi connectivity index (χ0n) is 59.3. The topological polar surface area (TPSA) is 93.3 Å². The highest BCUT2D eigenvalue weighted by molar-refractivity contribution is 6.28. The molecule has 0 spiro atoms. The number of imidazole rings is 8. The number of hydrogen-bond donors (Lipinski definition) is 0. The van der Waals surface area contributed by atoms with Crippen molar-refractivity contribution >= 4 is 160 Å². The number of nitrogens with zero attached hydrogens (tertiary/aromatic N) is 13. The molecule has 15 aromatic carbocycles. The summed E-state index contributed by atoms with van der Waals surface area (Å²) in [6.45, 7) is 0. The van der Waals surface area contributed by atoms with Gasteiger partial charge in [0, 0.05) is 48.4 Å². The molecular formula is C95H67N13. The van der Waals surface area contributed by atoms with E-state index < -0.39 is 0 Å². The average Bonchev–Trinajstić information content (AvgIpc) is 1.48. The van der Waals surface area contributed by atoms with E-state index >= 15 is 0 Å². The molecule has 0 amide bonds. The van der Waals surface area contributed by atoms with Crippen LogP contribution < -0.4 is 0 Å². The first-order valence-electron chi connectivity index (χ1n) is 36.5. The maximum atomic E-state index is 4.85. The van der Waals surface area contributed by atoms with Crippen molar-refractivity contribution in [3.8, 4) is 27.9 Å². The average molecular weight is 1390 g/mol. The Morgan fingerprint density at radius 1 is 0.204 bits per heavy atom. The monoisotopic (exact) mass is 1390 g/mol. The van der Waals surface area contributed by atoms with Crippen molar-refractivity contribution in [1.29, 1.82) is 0 Å². The molecule has 0 fully saturated rings. The van der Waals surface area contributed by atoms with Gasteiger partial charge < -0.3 is 18.1 Å². The molecule has 25 aromatic rings. The summed E-state index contributed by atoms with van der Waals surface area (Å²) < 4.78 is 20.0. The zero-order chi connectivity index (χ0) is 71.7. The minimum Gasteiger partial charge on any atom is -0.313 e. The summed E-state index contributed by atoms with van der Waals surface area (Å²) in [4.78, 5) is 19.1. The Kier molecular flexibility index (Phi) is 14.3. The molecule has 0 atom stereocenters. The molecule has 0 aliphatic carbocycles. The predicted octanol–water partition coefficient (Wildman–Crippen LogP) is 22.7. The second kappa shape index (κ2) is 24.8. The number of aromatic nitrogens is 13. The lowest BCUT2D eigenvalue weighted by atomic mass is 10.0. The molecule has 0 unspecified atom stereocenters. The number of para-hydroxylation sites is 15. The van der Waals surface area contributed by atoms with Crippen LogP contribution >= 0.6 is 0 Å². The Balaban J connectivity index is 0.0000000865. The van der Waals surface area contributed by atoms with Gasteiger partial charge >= 0.3 is 0 Å². The fourth-order valence-electron chi connectivity index (χ4n) is 16.7. The Morgan fingerprint density at radius 3 is 1.15 bits per heavy atom. The Bertz CT molecular complexity index is 7780. The van der Waals surface area contributed by atoms with Gasteiger partial charge in [-0.1, -0.05) is 231 Å². The maximum Gasteiger partial charge on any atom is 0.220 e. The van der Waals surface area contributed by atoms with Crippen LogP contribution in [0.4, 0.5) is 0 Å². The van der Waals surface area contributed by atoms with Crippen LogP contribution in [0.15, 0.2) is 352 Å². The molecule has 0 radical (unpaired) electrons. The number of rotatable bonds is 3. The van der Waals surface area contributed by atoms with Gasteiger partial charge in [0.1, 0.15) is 0 Å². The lowest BCUT2D eigenvalue weighted by Gasteiger charge is -2.04. The summed E-state index contributed by atoms with van der Waals surface area (Å²) >= 11 is 0. The van der Waals surface area contributed by atoms with E-state index in [4.69, 9.17) is 15.0 Å². The second-order valence-electron chi connectivity index (χ2n) is 27.6. The molecule has 0 bridgehead atoms. The van der Waals surface area contributed by atoms with Gasteiger partial charge in [-0.15, -0.1) is 0 Å². The first-order chi connectivity index (χ1) is 53.4. The van der Waals surface area contributed by atoms with E-state index in [1.165, 1.54) is 121 Å². The quantitative estimate of drug-likeness (QED) is 0.176. The van der Waals surface area contributed by atoms with Crippen molar-refractivity contribution < 1.29 is 0 Å². The fourth-order valence-corrected chi connectivity index (χ4v) is 16.7. The first-order valence-corrected chi connectivity index (χ1v) is 36.5. The summed E-state index contributed by atoms with van der Waals surface area (Å²) in [5.41, 5.74) is 28.2. The summed E-state index contributed by atoms with van der Waals surface area (Å²) in [7, 11) is 6.21. The van der Waals surface area contributed by atoms with Crippen LogP contribution in [-0.2, 0) is 21.1 Å². The third-order valence-corrected chi connectivity index (χ3v) is 21.6. The second-order valence-corrected chi connectivity index (χ2v) is 27.6. The summed E-state index contributed by atoms with van der Waals surface area (Å²) in [5, 5.41) is 8.05. The molecule has 10 aromatic heterocycles. The smallest absolute Gasteiger partial charge is 0.220 e. The standard InChI is InChI=1S/C22H13N.2C20H15N3.C19H13N3.C14H11N3/c1-2-7-15-14(6-1)12-13-20-21(15)18-10-5-9-17-16-8-3-4-11-19(16)23(20)22(17)18;1-22-17-9-5-6-10-18(17)23-19-13-15(14-7-3-2-4-8-14)11-12-16(19)21-20(22)23;1-22-18-12-11-15(14-7-3-2-4-8-14)13-19(18)23-17-10-6-5-9-16(17)21-20(22)23;1-2-8-14(9-3-1)21-17-12-6-7-13-18(17)22-16-11-5-4-10-15(16)20-19(21)22;1-16-12-8-4-5-9-13(12)17-11-7-3-2-6-10(11)15-14(16)17/h1-13H;2*2-13H,1H3;1-13H;2-9H,1H3. The van der Waals surface area contributed by atoms with E-state index in [9.17, 15) is 0 Å². The predicted molar refractivity (Wildman–Crippen MR) is 447 cm³/mol. The van der Waals surface area contributed by atoms with Gasteiger partial charge in [-0.05, 0) is 154 Å². The van der Waals surface area contributed by atoms with E-state index in [2.05, 4.69) is 382 Å². The third kappa shape index (κ3) is 9.65. The Labute approximate surface area is 617 Å². The molecule has 10 heterocycles. The van der Waals surface area contributed by atoms with Crippen molar-refractivity contribution in [1.82, 2.24) is 60.2 Å². The molecule has 512 valence electrons. The number of fused-ring (bicyclic) bond motifs is 28. The Hall–Kier alpha value is -14.6. The molecule has 0 aliphatic rings. The number of benzene rings is 15. The van der Waals surface area contributed by atoms with Gasteiger partial charge in [-0.2, -0.15) is 0 Å². The van der Waals surface area contributed by atoms with Gasteiger partial charge in [0.25, 0.3) is 0 Å². The summed E-state index contributed by atoms with van der Waals surface area (Å²) in [5.74, 6) is 3.90. The van der Waals surface area contributed by atoms with Gasteiger partial charge in [0.2, 0.25) is 23.1 Å². The minimum atomic E-state index is 0.952. The normalized spacial score (nSPS) is 11.8. The van der Waals surface area contributed by atoms with Crippen molar-refractivity contribution in [2.75, 3.05) is 0 Å². The van der Waals surface area contributed by atoms with Gasteiger partial charge in [-0.3, -0.25) is 22.2 Å². The fraction of sp³-hybridized carbons (Fsp3) is 0.0316. The Morgan fingerprint density at radius 2 is 0.574 bits per heavy atom. The molecule has 0 N–H and O–H groups in total. The molecule has 25 rings (SSSR count). The van der Waals surface area contributed by atoms with Crippen molar-refractivity contribution in [2.45, 2.75) is 0 Å². The molecule has 0 aliphatic heterocycles. The van der Waals surface area contributed by atoms with E-state index in [-0.39, 0.29) is 0 Å². The maximum absolute atomic E-state index is 4.85. The van der Waals surface area contributed by atoms with Crippen LogP contribution in [0.1, 0.15) is 0 Å². The third-order valence-electron chi connectivity index (χ3n) is 21.6. The zero-order valence-corrected chi connectivity index (χ0v) is 59.3. The number of hydrogen-bond acceptors (Lipinski definition) is 4. The van der Waals surface area contributed by atoms with E-state index in [1.807, 2.05) is 36.4 Å². The van der Waals surface area contributed by atoms with Crippen molar-refractivity contribution in [2.24, 2.45) is 21.1 Å².